The maximum Gasteiger partial charge on any atom is 0.126 e. The van der Waals surface area contributed by atoms with Crippen LogP contribution in [0.4, 0.5) is 0 Å². The van der Waals surface area contributed by atoms with E-state index >= 15 is 0 Å². The molecule has 0 aliphatic rings. The van der Waals surface area contributed by atoms with Crippen LogP contribution in [-0.2, 0) is 13.2 Å². The summed E-state index contributed by atoms with van der Waals surface area (Å²) in [5, 5.41) is 9.78. The maximum absolute atomic E-state index is 9.26. The Labute approximate surface area is 111 Å². The van der Waals surface area contributed by atoms with Gasteiger partial charge in [-0.15, -0.1) is 0 Å². The Morgan fingerprint density at radius 1 is 1.33 bits per heavy atom. The molecule has 0 amide bonds. The lowest BCUT2D eigenvalue weighted by Gasteiger charge is -2.11. The molecule has 0 saturated carbocycles. The van der Waals surface area contributed by atoms with E-state index in [0.29, 0.717) is 22.9 Å². The quantitative estimate of drug-likeness (QED) is 0.922. The lowest BCUT2D eigenvalue weighted by molar-refractivity contribution is 0.259. The van der Waals surface area contributed by atoms with Gasteiger partial charge in [-0.1, -0.05) is 17.7 Å². The van der Waals surface area contributed by atoms with Gasteiger partial charge in [0.05, 0.1) is 6.61 Å². The molecule has 2 aromatic rings. The predicted octanol–water partition coefficient (Wildman–Crippen LogP) is 3.11. The molecule has 1 heterocycles. The average molecular weight is 264 g/mol. The highest BCUT2D eigenvalue weighted by molar-refractivity contribution is 6.31. The third-order valence-electron chi connectivity index (χ3n) is 2.56. The van der Waals surface area contributed by atoms with Gasteiger partial charge in [0.15, 0.2) is 0 Å². The van der Waals surface area contributed by atoms with Crippen LogP contribution in [0.2, 0.25) is 5.02 Å². The van der Waals surface area contributed by atoms with Crippen molar-refractivity contribution < 1.29 is 9.84 Å². The molecule has 2 rings (SSSR count). The third-order valence-corrected chi connectivity index (χ3v) is 2.91. The first-order valence-electron chi connectivity index (χ1n) is 5.62. The van der Waals surface area contributed by atoms with Crippen LogP contribution in [0.5, 0.6) is 5.75 Å². The number of hydrogen-bond acceptors (Lipinski definition) is 3. The summed E-state index contributed by atoms with van der Waals surface area (Å²) in [6, 6.07) is 7.33. The molecule has 0 fully saturated rings. The highest BCUT2D eigenvalue weighted by Crippen LogP contribution is 2.26. The molecular formula is C14H14ClNO2. The number of aromatic nitrogens is 1. The molecule has 0 unspecified atom stereocenters. The zero-order valence-electron chi connectivity index (χ0n) is 10.1. The normalized spacial score (nSPS) is 10.4. The van der Waals surface area contributed by atoms with Gasteiger partial charge in [-0.3, -0.25) is 4.98 Å². The summed E-state index contributed by atoms with van der Waals surface area (Å²) in [5.41, 5.74) is 2.68. The molecule has 4 heteroatoms. The average Bonchev–Trinajstić information content (AvgIpc) is 2.36. The fourth-order valence-corrected chi connectivity index (χ4v) is 1.91. The summed E-state index contributed by atoms with van der Waals surface area (Å²) < 4.78 is 5.67. The van der Waals surface area contributed by atoms with E-state index in [-0.39, 0.29) is 6.61 Å². The van der Waals surface area contributed by atoms with Crippen LogP contribution in [0.1, 0.15) is 16.7 Å². The van der Waals surface area contributed by atoms with Crippen LogP contribution < -0.4 is 4.74 Å². The zero-order chi connectivity index (χ0) is 13.0. The zero-order valence-corrected chi connectivity index (χ0v) is 10.8. The van der Waals surface area contributed by atoms with Crippen molar-refractivity contribution in [3.63, 3.8) is 0 Å². The molecule has 94 valence electrons. The van der Waals surface area contributed by atoms with E-state index in [9.17, 15) is 5.11 Å². The molecule has 0 aliphatic carbocycles. The number of ether oxygens (including phenoxy) is 1. The lowest BCUT2D eigenvalue weighted by atomic mass is 10.2. The topological polar surface area (TPSA) is 42.4 Å². The summed E-state index contributed by atoms with van der Waals surface area (Å²) in [4.78, 5) is 4.10. The second-order valence-corrected chi connectivity index (χ2v) is 4.44. The second-order valence-electron chi connectivity index (χ2n) is 4.03. The van der Waals surface area contributed by atoms with Crippen LogP contribution in [0.25, 0.3) is 0 Å². The van der Waals surface area contributed by atoms with Crippen LogP contribution in [0.3, 0.4) is 0 Å². The van der Waals surface area contributed by atoms with E-state index in [0.717, 1.165) is 11.1 Å². The van der Waals surface area contributed by atoms with Crippen molar-refractivity contribution in [1.82, 2.24) is 4.98 Å². The summed E-state index contributed by atoms with van der Waals surface area (Å²) in [7, 11) is 0. The van der Waals surface area contributed by atoms with Crippen molar-refractivity contribution in [2.45, 2.75) is 20.1 Å². The van der Waals surface area contributed by atoms with Crippen molar-refractivity contribution in [2.24, 2.45) is 0 Å². The highest BCUT2D eigenvalue weighted by atomic mass is 35.5. The molecule has 18 heavy (non-hydrogen) atoms. The van der Waals surface area contributed by atoms with Crippen LogP contribution in [0.15, 0.2) is 36.7 Å². The van der Waals surface area contributed by atoms with E-state index in [1.54, 1.807) is 30.6 Å². The molecule has 0 bridgehead atoms. The van der Waals surface area contributed by atoms with Gasteiger partial charge >= 0.3 is 0 Å². The molecule has 0 atom stereocenters. The van der Waals surface area contributed by atoms with Gasteiger partial charge < -0.3 is 9.84 Å². The highest BCUT2D eigenvalue weighted by Gasteiger charge is 2.07. The van der Waals surface area contributed by atoms with Gasteiger partial charge in [-0.05, 0) is 30.7 Å². The van der Waals surface area contributed by atoms with Gasteiger partial charge in [0.2, 0.25) is 0 Å². The Morgan fingerprint density at radius 3 is 2.89 bits per heavy atom. The van der Waals surface area contributed by atoms with Crippen molar-refractivity contribution >= 4 is 11.6 Å². The minimum absolute atomic E-state index is 0.138. The number of nitrogens with zero attached hydrogens (tertiary/aromatic N) is 1. The molecule has 0 radical (unpaired) electrons. The Morgan fingerprint density at radius 2 is 2.17 bits per heavy atom. The Hall–Kier alpha value is -1.58. The van der Waals surface area contributed by atoms with E-state index in [1.165, 1.54) is 0 Å². The first-order chi connectivity index (χ1) is 8.70. The van der Waals surface area contributed by atoms with E-state index in [4.69, 9.17) is 16.3 Å². The van der Waals surface area contributed by atoms with Gasteiger partial charge in [0.1, 0.15) is 12.4 Å². The molecule has 0 spiro atoms. The Kier molecular flexibility index (Phi) is 4.18. The number of rotatable bonds is 4. The first kappa shape index (κ1) is 12.9. The number of benzene rings is 1. The van der Waals surface area contributed by atoms with Gasteiger partial charge in [0.25, 0.3) is 0 Å². The van der Waals surface area contributed by atoms with E-state index < -0.39 is 0 Å². The van der Waals surface area contributed by atoms with Gasteiger partial charge in [0, 0.05) is 28.5 Å². The molecule has 0 saturated heterocycles. The Bertz CT molecular complexity index is 543. The van der Waals surface area contributed by atoms with Crippen molar-refractivity contribution in [3.8, 4) is 5.75 Å². The standard InChI is InChI=1S/C14H14ClNO2/c1-10-5-11(7-16-6-10)9-18-14-4-2-3-13(15)12(14)8-17/h2-7,17H,8-9H2,1H3. The predicted molar refractivity (Wildman–Crippen MR) is 70.7 cm³/mol. The largest absolute Gasteiger partial charge is 0.488 e. The summed E-state index contributed by atoms with van der Waals surface area (Å²) in [6.07, 6.45) is 3.55. The molecule has 1 N–H and O–H groups in total. The van der Waals surface area contributed by atoms with Crippen molar-refractivity contribution in [1.29, 1.82) is 0 Å². The van der Waals surface area contributed by atoms with Crippen molar-refractivity contribution in [2.75, 3.05) is 0 Å². The summed E-state index contributed by atoms with van der Waals surface area (Å²) in [6.45, 7) is 2.25. The minimum Gasteiger partial charge on any atom is -0.488 e. The number of aliphatic hydroxyl groups is 1. The maximum atomic E-state index is 9.26. The minimum atomic E-state index is -0.138. The lowest BCUT2D eigenvalue weighted by Crippen LogP contribution is -2.00. The van der Waals surface area contributed by atoms with Crippen LogP contribution >= 0.6 is 11.6 Å². The molecule has 1 aromatic heterocycles. The van der Waals surface area contributed by atoms with Crippen LogP contribution in [0, 0.1) is 6.92 Å². The number of hydrogen-bond donors (Lipinski definition) is 1. The first-order valence-corrected chi connectivity index (χ1v) is 6.00. The van der Waals surface area contributed by atoms with Gasteiger partial charge in [-0.2, -0.15) is 0 Å². The monoisotopic (exact) mass is 263 g/mol. The molecular weight excluding hydrogens is 250 g/mol. The smallest absolute Gasteiger partial charge is 0.126 e. The van der Waals surface area contributed by atoms with E-state index in [1.807, 2.05) is 13.0 Å². The van der Waals surface area contributed by atoms with Crippen molar-refractivity contribution in [3.05, 3.63) is 58.4 Å². The number of aliphatic hydroxyl groups excluding tert-OH is 1. The fraction of sp³-hybridized carbons (Fsp3) is 0.214. The summed E-state index contributed by atoms with van der Waals surface area (Å²) >= 11 is 5.98. The van der Waals surface area contributed by atoms with Crippen LogP contribution in [-0.4, -0.2) is 10.1 Å². The molecule has 0 aliphatic heterocycles. The molecule has 3 nitrogen and oxygen atoms in total. The Balaban J connectivity index is 2.13. The second kappa shape index (κ2) is 5.85. The summed E-state index contributed by atoms with van der Waals surface area (Å²) in [5.74, 6) is 0.603. The van der Waals surface area contributed by atoms with Gasteiger partial charge in [-0.25, -0.2) is 0 Å². The number of halogens is 1. The number of aryl methyl sites for hydroxylation is 1. The third kappa shape index (κ3) is 3.00. The molecule has 1 aromatic carbocycles. The fourth-order valence-electron chi connectivity index (χ4n) is 1.69. The SMILES string of the molecule is Cc1cncc(COc2cccc(Cl)c2CO)c1. The number of pyridine rings is 1. The van der Waals surface area contributed by atoms with E-state index in [2.05, 4.69) is 4.98 Å².